The van der Waals surface area contributed by atoms with E-state index in [1.807, 2.05) is 0 Å². The molecule has 0 heterocycles. The molecule has 0 saturated heterocycles. The van der Waals surface area contributed by atoms with Crippen LogP contribution in [0.15, 0.2) is 0 Å². The van der Waals surface area contributed by atoms with Gasteiger partial charge in [0.1, 0.15) is 12.6 Å². The molecule has 0 fully saturated rings. The fraction of sp³-hybridized carbons (Fsp3) is 0.857. The maximum atomic E-state index is 12.5. The number of alkyl halides is 2. The monoisotopic (exact) mass is 213 g/mol. The number of aliphatic hydroxyl groups excluding tert-OH is 1. The van der Waals surface area contributed by atoms with Crippen LogP contribution in [0.4, 0.5) is 8.78 Å². The number of rotatable bonds is 7. The van der Waals surface area contributed by atoms with Gasteiger partial charge in [-0.15, -0.1) is 0 Å². The first-order valence-corrected chi connectivity index (χ1v) is 3.87. The maximum absolute atomic E-state index is 12.5. The Hall–Kier alpha value is -0.790. The van der Waals surface area contributed by atoms with Crippen molar-refractivity contribution in [2.45, 2.75) is 12.0 Å². The molecule has 0 aromatic heterocycles. The normalized spacial score (nSPS) is 14.0. The number of carboxylic acid groups (broad SMARTS) is 1. The third-order valence-corrected chi connectivity index (χ3v) is 1.47. The zero-order chi connectivity index (χ0) is 11.2. The molecule has 0 bridgehead atoms. The summed E-state index contributed by atoms with van der Waals surface area (Å²) in [5.74, 6) is -4.60. The van der Waals surface area contributed by atoms with Crippen molar-refractivity contribution in [3.63, 3.8) is 0 Å². The van der Waals surface area contributed by atoms with Gasteiger partial charge in [-0.25, -0.2) is 8.78 Å². The Morgan fingerprint density at radius 1 is 1.64 bits per heavy atom. The average molecular weight is 213 g/mol. The summed E-state index contributed by atoms with van der Waals surface area (Å²) in [5.41, 5.74) is 0. The van der Waals surface area contributed by atoms with Crippen LogP contribution in [0, 0.1) is 0 Å². The van der Waals surface area contributed by atoms with Gasteiger partial charge in [-0.1, -0.05) is 0 Å². The van der Waals surface area contributed by atoms with Crippen molar-refractivity contribution in [1.29, 1.82) is 0 Å². The Kier molecular flexibility index (Phi) is 5.51. The van der Waals surface area contributed by atoms with Gasteiger partial charge in [-0.2, -0.15) is 0 Å². The first-order chi connectivity index (χ1) is 6.43. The van der Waals surface area contributed by atoms with Crippen LogP contribution in [0.25, 0.3) is 0 Å². The third kappa shape index (κ3) is 5.05. The number of aliphatic carboxylic acids is 1. The van der Waals surface area contributed by atoms with Gasteiger partial charge in [0.05, 0.1) is 13.2 Å². The molecule has 0 spiro atoms. The topological polar surface area (TPSA) is 78.8 Å². The van der Waals surface area contributed by atoms with Gasteiger partial charge < -0.3 is 14.9 Å². The second kappa shape index (κ2) is 5.84. The number of aliphatic hydroxyl groups is 1. The molecule has 0 aliphatic rings. The molecule has 1 atom stereocenters. The van der Waals surface area contributed by atoms with Crippen LogP contribution in [0.1, 0.15) is 0 Å². The highest BCUT2D eigenvalue weighted by atomic mass is 19.3. The standard InChI is InChI=1S/C7H13F2NO4/c1-14-2-5(6(12)13)10-3-7(8,9)4-11/h5,10-11H,2-4H2,1H3,(H,12,13). The van der Waals surface area contributed by atoms with Crippen LogP contribution in [0.2, 0.25) is 0 Å². The quantitative estimate of drug-likeness (QED) is 0.521. The van der Waals surface area contributed by atoms with E-state index in [4.69, 9.17) is 10.2 Å². The smallest absolute Gasteiger partial charge is 0.323 e. The molecule has 7 heteroatoms. The molecule has 0 aliphatic carbocycles. The van der Waals surface area contributed by atoms with E-state index in [0.29, 0.717) is 0 Å². The van der Waals surface area contributed by atoms with Crippen molar-refractivity contribution in [1.82, 2.24) is 5.32 Å². The summed E-state index contributed by atoms with van der Waals surface area (Å²) >= 11 is 0. The minimum absolute atomic E-state index is 0.211. The van der Waals surface area contributed by atoms with Crippen molar-refractivity contribution in [3.05, 3.63) is 0 Å². The van der Waals surface area contributed by atoms with Crippen molar-refractivity contribution in [3.8, 4) is 0 Å². The number of halogens is 2. The summed E-state index contributed by atoms with van der Waals surface area (Å²) in [6.45, 7) is -2.43. The summed E-state index contributed by atoms with van der Waals surface area (Å²) in [5, 5.41) is 18.8. The molecule has 14 heavy (non-hydrogen) atoms. The third-order valence-electron chi connectivity index (χ3n) is 1.47. The fourth-order valence-electron chi connectivity index (χ4n) is 0.713. The summed E-state index contributed by atoms with van der Waals surface area (Å²) in [7, 11) is 1.27. The Balaban J connectivity index is 3.99. The lowest BCUT2D eigenvalue weighted by Gasteiger charge is -2.18. The first kappa shape index (κ1) is 13.2. The molecule has 0 aromatic carbocycles. The van der Waals surface area contributed by atoms with Crippen LogP contribution < -0.4 is 5.32 Å². The Morgan fingerprint density at radius 2 is 2.21 bits per heavy atom. The zero-order valence-corrected chi connectivity index (χ0v) is 7.67. The van der Waals surface area contributed by atoms with Crippen LogP contribution in [0.3, 0.4) is 0 Å². The minimum Gasteiger partial charge on any atom is -0.480 e. The predicted octanol–water partition coefficient (Wildman–Crippen LogP) is -0.697. The van der Waals surface area contributed by atoms with Gasteiger partial charge in [0.2, 0.25) is 0 Å². The van der Waals surface area contributed by atoms with Gasteiger partial charge in [0.15, 0.2) is 0 Å². The van der Waals surface area contributed by atoms with Gasteiger partial charge in [0.25, 0.3) is 5.92 Å². The fourth-order valence-corrected chi connectivity index (χ4v) is 0.713. The molecule has 84 valence electrons. The summed E-state index contributed by atoms with van der Waals surface area (Å²) in [6, 6.07) is -1.20. The minimum atomic E-state index is -3.32. The molecule has 0 amide bonds. The predicted molar refractivity (Wildman–Crippen MR) is 43.3 cm³/mol. The van der Waals surface area contributed by atoms with Gasteiger partial charge >= 0.3 is 5.97 Å². The van der Waals surface area contributed by atoms with Crippen LogP contribution in [0.5, 0.6) is 0 Å². The van der Waals surface area contributed by atoms with Crippen molar-refractivity contribution in [2.24, 2.45) is 0 Å². The second-order valence-corrected chi connectivity index (χ2v) is 2.74. The van der Waals surface area contributed by atoms with Gasteiger partial charge in [0, 0.05) is 7.11 Å². The lowest BCUT2D eigenvalue weighted by Crippen LogP contribution is -2.46. The number of methoxy groups -OCH3 is 1. The summed E-state index contributed by atoms with van der Waals surface area (Å²) in [4.78, 5) is 10.4. The molecule has 0 aromatic rings. The molecule has 0 aliphatic heterocycles. The molecular formula is C7H13F2NO4. The molecule has 0 radical (unpaired) electrons. The van der Waals surface area contributed by atoms with Crippen molar-refractivity contribution < 1.29 is 28.5 Å². The highest BCUT2D eigenvalue weighted by molar-refractivity contribution is 5.73. The lowest BCUT2D eigenvalue weighted by atomic mass is 10.3. The van der Waals surface area contributed by atoms with Crippen LogP contribution in [-0.2, 0) is 9.53 Å². The van der Waals surface area contributed by atoms with E-state index in [-0.39, 0.29) is 6.61 Å². The molecular weight excluding hydrogens is 200 g/mol. The average Bonchev–Trinajstić information content (AvgIpc) is 2.12. The number of carboxylic acids is 1. The van der Waals surface area contributed by atoms with E-state index in [0.717, 1.165) is 0 Å². The SMILES string of the molecule is COCC(NCC(F)(F)CO)C(=O)O. The zero-order valence-electron chi connectivity index (χ0n) is 7.67. The van der Waals surface area contributed by atoms with E-state index in [1.54, 1.807) is 0 Å². The first-order valence-electron chi connectivity index (χ1n) is 3.87. The van der Waals surface area contributed by atoms with E-state index in [1.165, 1.54) is 7.11 Å². The Labute approximate surface area is 79.7 Å². The van der Waals surface area contributed by atoms with Crippen molar-refractivity contribution >= 4 is 5.97 Å². The highest BCUT2D eigenvalue weighted by Gasteiger charge is 2.30. The van der Waals surface area contributed by atoms with E-state index in [2.05, 4.69) is 10.1 Å². The van der Waals surface area contributed by atoms with E-state index in [9.17, 15) is 13.6 Å². The Morgan fingerprint density at radius 3 is 2.57 bits per heavy atom. The summed E-state index contributed by atoms with van der Waals surface area (Å²) in [6.07, 6.45) is 0. The summed E-state index contributed by atoms with van der Waals surface area (Å²) < 4.78 is 29.5. The number of hydrogen-bond acceptors (Lipinski definition) is 4. The van der Waals surface area contributed by atoms with Gasteiger partial charge in [-0.3, -0.25) is 10.1 Å². The number of carbonyl (C=O) groups is 1. The molecule has 3 N–H and O–H groups in total. The molecule has 0 rings (SSSR count). The number of ether oxygens (including phenoxy) is 1. The van der Waals surface area contributed by atoms with Crippen LogP contribution in [-0.4, -0.2) is 55.0 Å². The molecule has 1 unspecified atom stereocenters. The van der Waals surface area contributed by atoms with Gasteiger partial charge in [-0.05, 0) is 0 Å². The molecule has 0 saturated carbocycles. The number of nitrogens with one attached hydrogen (secondary N) is 1. The second-order valence-electron chi connectivity index (χ2n) is 2.74. The number of hydrogen-bond donors (Lipinski definition) is 3. The largest absolute Gasteiger partial charge is 0.480 e. The molecule has 5 nitrogen and oxygen atoms in total. The maximum Gasteiger partial charge on any atom is 0.323 e. The Bertz CT molecular complexity index is 189. The van der Waals surface area contributed by atoms with E-state index < -0.39 is 31.1 Å². The van der Waals surface area contributed by atoms with E-state index >= 15 is 0 Å². The highest BCUT2D eigenvalue weighted by Crippen LogP contribution is 2.10. The van der Waals surface area contributed by atoms with Crippen LogP contribution >= 0.6 is 0 Å². The van der Waals surface area contributed by atoms with Crippen molar-refractivity contribution in [2.75, 3.05) is 26.9 Å². The lowest BCUT2D eigenvalue weighted by molar-refractivity contribution is -0.141.